The van der Waals surface area contributed by atoms with E-state index in [0.29, 0.717) is 120 Å². The van der Waals surface area contributed by atoms with E-state index in [2.05, 4.69) is 94.0 Å². The van der Waals surface area contributed by atoms with E-state index in [1.54, 1.807) is 54.2 Å². The highest BCUT2D eigenvalue weighted by atomic mass is 35.5. The standard InChI is InChI=1S/C29H41ClFN5O5Si.C18H19ClFN5O4.C7H9FN2O2.C6H7FN2O2.C5H7FN2O.C5H5FN2O/c1-29(2,3)42(5,6)41-23-16-39-25-22(15-38-26(23)25)40-28-33-21-13-17(30)19(10-11-20-18(31)14-35(4)34-20)32-27(21)36(28)24-9-7-8-12-37-24;1-25-5-9(20)11(24-25)3-2-10-8(19)4-12-17(21-10)23-18(22-12)29-14-7-28-15-13(26)6-27-16(14)15;1-3-12-7(11)6-5(8)4-10(2)9-6;1-2-11-6(10)5-4(7)3-8-9-5;2*1-8-2-4(6)5(3-9)7-8/h13-14,22-26H,7-12,15-16H2,1-6H3;4-5,13-16,26H,2-3,6-7H2,1H3,(H,21,22,23);4H,3H2,1-2H3;3H,2H2,1H3,(H,8,9);2,9H,3H2,1H3;2-3H,1H3/t22-,23-,24?,25-,26-;13-,14-,15-,16-;;;;/m11..../s1. The Hall–Kier alpha value is -9.23. The summed E-state index contributed by atoms with van der Waals surface area (Å²) in [6, 6.07) is 4.19. The maximum atomic E-state index is 14.2. The monoisotopic (exact) mass is 1630 g/mol. The Balaban J connectivity index is 0.000000162. The van der Waals surface area contributed by atoms with Gasteiger partial charge in [-0.2, -0.15) is 40.6 Å². The maximum absolute atomic E-state index is 14.2. The number of aldehydes is 1. The molecule has 4 N–H and O–H groups in total. The number of carbonyl (C=O) groups excluding carboxylic acids is 3. The van der Waals surface area contributed by atoms with Gasteiger partial charge in [0.25, 0.3) is 6.01 Å². The molecule has 15 rings (SSSR count). The normalized spacial score (nSPS) is 20.4. The van der Waals surface area contributed by atoms with E-state index in [-0.39, 0.29) is 121 Å². The van der Waals surface area contributed by atoms with E-state index >= 15 is 0 Å². The molecule has 0 aromatic carbocycles. The molecule has 0 radical (unpaired) electrons. The Morgan fingerprint density at radius 1 is 0.625 bits per heavy atom. The number of aryl methyl sites for hydroxylation is 9. The van der Waals surface area contributed by atoms with Crippen LogP contribution >= 0.6 is 23.2 Å². The molecule has 5 aliphatic heterocycles. The lowest BCUT2D eigenvalue weighted by Gasteiger charge is -2.39. The highest BCUT2D eigenvalue weighted by Gasteiger charge is 2.53. The first-order valence-corrected chi connectivity index (χ1v) is 39.3. The second-order valence-electron chi connectivity index (χ2n) is 27.8. The van der Waals surface area contributed by atoms with Crippen LogP contribution in [-0.2, 0) is 105 Å². The van der Waals surface area contributed by atoms with Crippen LogP contribution in [0.1, 0.15) is 120 Å². The van der Waals surface area contributed by atoms with Crippen molar-refractivity contribution in [3.8, 4) is 12.0 Å². The predicted molar refractivity (Wildman–Crippen MR) is 389 cm³/mol. The molecule has 10 aromatic rings. The number of aromatic nitrogens is 18. The largest absolute Gasteiger partial charge is 0.461 e. The van der Waals surface area contributed by atoms with E-state index in [4.69, 9.17) is 75.9 Å². The first kappa shape index (κ1) is 85.2. The SMILES string of the molecule is CCOC(=O)c1[nH]ncc1F.CCOC(=O)c1nn(C)cc1F.Cn1cc(F)c(C=O)n1.Cn1cc(F)c(CCc2nc3c(cc2Cl)nc(O[C@@H]2CO[C@H]4[C@@H]2OC[C@H]4O[Si](C)(C)C(C)(C)C)n3C2CCCCO2)n1.Cn1cc(F)c(CCc2nc3nc(O[C@@H]4CO[C@H]5[C@@H]4OC[C@H]5O)[nH]c3cc2Cl)n1.Cn1cc(F)c(CO)n1. The van der Waals surface area contributed by atoms with Gasteiger partial charge in [0.15, 0.2) is 84.4 Å². The zero-order chi connectivity index (χ0) is 81.0. The lowest BCUT2D eigenvalue weighted by molar-refractivity contribution is -0.0406. The number of fused-ring (bicyclic) bond motifs is 4. The summed E-state index contributed by atoms with van der Waals surface area (Å²) < 4.78 is 145. The summed E-state index contributed by atoms with van der Waals surface area (Å²) in [6.07, 6.45) is 8.97. The molecule has 5 aliphatic rings. The molecule has 1 unspecified atom stereocenters. The number of hydrogen-bond donors (Lipinski definition) is 4. The quantitative estimate of drug-likeness (QED) is 0.0255. The number of aliphatic hydroxyl groups is 2. The predicted octanol–water partition coefficient (Wildman–Crippen LogP) is 8.44. The molecule has 5 saturated heterocycles. The first-order chi connectivity index (χ1) is 53.3. The van der Waals surface area contributed by atoms with Crippen molar-refractivity contribution < 1.29 is 98.0 Å². The van der Waals surface area contributed by atoms with Gasteiger partial charge >= 0.3 is 17.9 Å². The number of nitrogens with zero attached hydrogens (tertiary/aromatic N) is 16. The Kier molecular flexibility index (Phi) is 28.6. The van der Waals surface area contributed by atoms with Gasteiger partial charge < -0.3 is 62.3 Å². The van der Waals surface area contributed by atoms with Gasteiger partial charge in [0.2, 0.25) is 5.69 Å². The van der Waals surface area contributed by atoms with Crippen molar-refractivity contribution in [1.82, 2.24) is 88.6 Å². The van der Waals surface area contributed by atoms with Gasteiger partial charge in [0.05, 0.1) is 128 Å². The van der Waals surface area contributed by atoms with Crippen LogP contribution in [0.15, 0.2) is 49.3 Å². The van der Waals surface area contributed by atoms with Gasteiger partial charge in [-0.3, -0.25) is 37.9 Å². The summed E-state index contributed by atoms with van der Waals surface area (Å²) in [5.74, 6) is -4.52. The minimum atomic E-state index is -2.00. The number of hydrogen-bond acceptors (Lipinski definition) is 25. The number of halogens is 8. The summed E-state index contributed by atoms with van der Waals surface area (Å²) in [5.41, 5.74) is 3.77. The summed E-state index contributed by atoms with van der Waals surface area (Å²) in [7, 11) is 6.05. The van der Waals surface area contributed by atoms with Crippen molar-refractivity contribution in [2.24, 2.45) is 35.2 Å². The van der Waals surface area contributed by atoms with Crippen molar-refractivity contribution in [2.45, 2.75) is 159 Å². The number of ether oxygens (including phenoxy) is 9. The summed E-state index contributed by atoms with van der Waals surface area (Å²) in [4.78, 5) is 53.3. The van der Waals surface area contributed by atoms with Crippen LogP contribution in [0.25, 0.3) is 22.3 Å². The molecule has 9 atom stereocenters. The lowest BCUT2D eigenvalue weighted by Crippen LogP contribution is -2.47. The summed E-state index contributed by atoms with van der Waals surface area (Å²) in [5, 5.41) is 43.8. The third kappa shape index (κ3) is 21.0. The molecule has 15 heterocycles. The highest BCUT2D eigenvalue weighted by Crippen LogP contribution is 2.42. The van der Waals surface area contributed by atoms with Crippen molar-refractivity contribution in [3.63, 3.8) is 0 Å². The fraction of sp³-hybridized carbons (Fsp3) is 0.529. The molecule has 42 heteroatoms. The second-order valence-corrected chi connectivity index (χ2v) is 33.4. The van der Waals surface area contributed by atoms with Crippen LogP contribution < -0.4 is 9.47 Å². The maximum Gasteiger partial charge on any atom is 0.361 e. The van der Waals surface area contributed by atoms with Gasteiger partial charge in [-0.1, -0.05) is 44.0 Å². The minimum Gasteiger partial charge on any atom is -0.461 e. The molecule has 33 nitrogen and oxygen atoms in total. The third-order valence-electron chi connectivity index (χ3n) is 18.5. The number of pyridine rings is 2. The molecule has 10 aromatic heterocycles. The van der Waals surface area contributed by atoms with Crippen LogP contribution in [-0.4, -0.2) is 220 Å². The topological polar surface area (TPSA) is 374 Å². The molecule has 5 fully saturated rings. The number of H-pyrrole nitrogens is 2. The third-order valence-corrected chi connectivity index (χ3v) is 23.6. The smallest absolute Gasteiger partial charge is 0.361 e. The van der Waals surface area contributed by atoms with E-state index in [9.17, 15) is 45.8 Å². The van der Waals surface area contributed by atoms with Gasteiger partial charge in [-0.05, 0) is 76.2 Å². The molecule has 608 valence electrons. The van der Waals surface area contributed by atoms with Crippen molar-refractivity contribution in [3.05, 3.63) is 140 Å². The number of aromatic amines is 2. The fourth-order valence-corrected chi connectivity index (χ4v) is 13.8. The van der Waals surface area contributed by atoms with E-state index in [1.807, 2.05) is 4.57 Å². The minimum absolute atomic E-state index is 0.0867. The number of imidazole rings is 2. The number of rotatable bonds is 19. The van der Waals surface area contributed by atoms with Gasteiger partial charge in [-0.15, -0.1) is 0 Å². The Morgan fingerprint density at radius 2 is 1.15 bits per heavy atom. The second kappa shape index (κ2) is 37.6. The van der Waals surface area contributed by atoms with Crippen molar-refractivity contribution in [1.29, 1.82) is 0 Å². The molecular formula is C70H88Cl2F6N18O15Si. The number of carbonyl (C=O) groups is 3. The molecule has 0 aliphatic carbocycles. The van der Waals surface area contributed by atoms with Crippen LogP contribution in [0.2, 0.25) is 28.2 Å². The molecule has 0 spiro atoms. The molecular weight excluding hydrogens is 1550 g/mol. The van der Waals surface area contributed by atoms with Crippen LogP contribution in [0.5, 0.6) is 12.0 Å². The summed E-state index contributed by atoms with van der Waals surface area (Å²) in [6.45, 7) is 16.6. The van der Waals surface area contributed by atoms with Gasteiger partial charge in [-0.25, -0.2) is 45.9 Å². The zero-order valence-corrected chi connectivity index (χ0v) is 65.9. The highest BCUT2D eigenvalue weighted by molar-refractivity contribution is 6.74. The Bertz CT molecular complexity index is 4840. The van der Waals surface area contributed by atoms with E-state index < -0.39 is 49.6 Å². The van der Waals surface area contributed by atoms with Crippen molar-refractivity contribution >= 4 is 72.1 Å². The van der Waals surface area contributed by atoms with Crippen LogP contribution in [0.3, 0.4) is 0 Å². The van der Waals surface area contributed by atoms with Crippen LogP contribution in [0.4, 0.5) is 26.3 Å². The van der Waals surface area contributed by atoms with Gasteiger partial charge in [0, 0.05) is 54.7 Å². The number of nitrogens with one attached hydrogen (secondary N) is 2. The van der Waals surface area contributed by atoms with Crippen molar-refractivity contribution in [2.75, 3.05) is 46.2 Å². The average molecular weight is 1630 g/mol. The molecule has 0 bridgehead atoms. The van der Waals surface area contributed by atoms with Crippen LogP contribution in [0, 0.1) is 34.9 Å². The number of esters is 2. The Labute approximate surface area is 648 Å². The molecule has 0 saturated carbocycles. The van der Waals surface area contributed by atoms with Gasteiger partial charge in [0.1, 0.15) is 48.0 Å². The fourth-order valence-electron chi connectivity index (χ4n) is 12.0. The first-order valence-electron chi connectivity index (χ1n) is 35.7. The van der Waals surface area contributed by atoms with E-state index in [0.717, 1.165) is 37.9 Å². The Morgan fingerprint density at radius 3 is 1.67 bits per heavy atom. The number of aliphatic hydroxyl groups excluding tert-OH is 2. The molecule has 0 amide bonds. The van der Waals surface area contributed by atoms with E-state index in [1.165, 1.54) is 49.0 Å². The zero-order valence-electron chi connectivity index (χ0n) is 63.4. The lowest BCUT2D eigenvalue weighted by atomic mass is 10.1. The summed E-state index contributed by atoms with van der Waals surface area (Å²) >= 11 is 13.0. The molecule has 112 heavy (non-hydrogen) atoms. The average Bonchev–Trinajstić information content (AvgIpc) is 1.61.